The molecule has 1 rings (SSSR count). The van der Waals surface area contributed by atoms with E-state index in [1.165, 1.54) is 6.92 Å². The minimum Gasteiger partial charge on any atom is -0.465 e. The summed E-state index contributed by atoms with van der Waals surface area (Å²) in [5, 5.41) is 10.7. The fourth-order valence-electron chi connectivity index (χ4n) is 1.94. The highest BCUT2D eigenvalue weighted by Gasteiger charge is 2.34. The van der Waals surface area contributed by atoms with Gasteiger partial charge in [0, 0.05) is 6.07 Å². The topological polar surface area (TPSA) is 95.7 Å². The van der Waals surface area contributed by atoms with Crippen LogP contribution in [0.1, 0.15) is 30.9 Å². The summed E-state index contributed by atoms with van der Waals surface area (Å²) >= 11 is 0. The van der Waals surface area contributed by atoms with Crippen LogP contribution < -0.4 is 0 Å². The fourth-order valence-corrected chi connectivity index (χ4v) is 1.94. The summed E-state index contributed by atoms with van der Waals surface area (Å²) in [5.74, 6) is -4.36. The molecule has 0 N–H and O–H groups in total. The number of carbonyl (C=O) groups is 2. The lowest BCUT2D eigenvalue weighted by Gasteiger charge is -2.16. The predicted octanol–water partition coefficient (Wildman–Crippen LogP) is 2.25. The van der Waals surface area contributed by atoms with E-state index in [0.29, 0.717) is 0 Å². The Morgan fingerprint density at radius 1 is 1.23 bits per heavy atom. The molecule has 0 saturated carbocycles. The van der Waals surface area contributed by atoms with Crippen molar-refractivity contribution in [3.05, 3.63) is 39.2 Å². The van der Waals surface area contributed by atoms with Crippen LogP contribution in [0, 0.1) is 22.9 Å². The van der Waals surface area contributed by atoms with Crippen molar-refractivity contribution in [2.45, 2.75) is 26.7 Å². The monoisotopic (exact) mass is 313 g/mol. The molecule has 0 bridgehead atoms. The summed E-state index contributed by atoms with van der Waals surface area (Å²) in [6.07, 6.45) is 0. The third kappa shape index (κ3) is 3.57. The lowest BCUT2D eigenvalue weighted by molar-refractivity contribution is -0.387. The van der Waals surface area contributed by atoms with Crippen molar-refractivity contribution >= 4 is 17.6 Å². The Morgan fingerprint density at radius 2 is 1.73 bits per heavy atom. The first-order valence-corrected chi connectivity index (χ1v) is 6.61. The van der Waals surface area contributed by atoms with Gasteiger partial charge in [0.15, 0.2) is 5.92 Å². The number of esters is 2. The number of nitro benzene ring substituents is 1. The lowest BCUT2D eigenvalue weighted by atomic mass is 9.94. The summed E-state index contributed by atoms with van der Waals surface area (Å²) in [6.45, 7) is 4.43. The molecular formula is C14H16FNO6. The molecule has 0 aliphatic rings. The summed E-state index contributed by atoms with van der Waals surface area (Å²) < 4.78 is 23.6. The summed E-state index contributed by atoms with van der Waals surface area (Å²) in [5.41, 5.74) is -0.909. The van der Waals surface area contributed by atoms with E-state index in [4.69, 9.17) is 9.47 Å². The number of nitro groups is 1. The number of nitrogens with zero attached hydrogens (tertiary/aromatic N) is 1. The number of benzene rings is 1. The number of rotatable bonds is 6. The van der Waals surface area contributed by atoms with Gasteiger partial charge in [0.2, 0.25) is 5.82 Å². The SMILES string of the molecule is CCOC(=O)C(C(=O)OCC)c1ccc([N+](=O)[O-])c(F)c1C. The minimum absolute atomic E-state index is 0.0139. The zero-order chi connectivity index (χ0) is 16.9. The summed E-state index contributed by atoms with van der Waals surface area (Å²) in [4.78, 5) is 33.8. The van der Waals surface area contributed by atoms with Gasteiger partial charge in [0.1, 0.15) is 0 Å². The highest BCUT2D eigenvalue weighted by molar-refractivity contribution is 6.01. The molecule has 22 heavy (non-hydrogen) atoms. The van der Waals surface area contributed by atoms with Crippen molar-refractivity contribution in [3.63, 3.8) is 0 Å². The molecular weight excluding hydrogens is 297 g/mol. The van der Waals surface area contributed by atoms with Crippen LogP contribution in [0.15, 0.2) is 12.1 Å². The van der Waals surface area contributed by atoms with Gasteiger partial charge in [0.25, 0.3) is 0 Å². The van der Waals surface area contributed by atoms with Crippen LogP contribution in [0.4, 0.5) is 10.1 Å². The molecule has 0 aromatic heterocycles. The van der Waals surface area contributed by atoms with Gasteiger partial charge in [-0.15, -0.1) is 0 Å². The van der Waals surface area contributed by atoms with E-state index < -0.39 is 34.3 Å². The van der Waals surface area contributed by atoms with Crippen LogP contribution in [0.5, 0.6) is 0 Å². The van der Waals surface area contributed by atoms with E-state index in [2.05, 4.69) is 0 Å². The van der Waals surface area contributed by atoms with Gasteiger partial charge in [-0.05, 0) is 31.9 Å². The number of ether oxygens (including phenoxy) is 2. The standard InChI is InChI=1S/C14H16FNO6/c1-4-21-13(17)11(14(18)22-5-2)9-6-7-10(16(19)20)12(15)8(9)3/h6-7,11H,4-5H2,1-3H3. The van der Waals surface area contributed by atoms with Gasteiger partial charge < -0.3 is 9.47 Å². The normalized spacial score (nSPS) is 10.4. The lowest BCUT2D eigenvalue weighted by Crippen LogP contribution is -2.27. The van der Waals surface area contributed by atoms with Crippen molar-refractivity contribution in [1.82, 2.24) is 0 Å². The average molecular weight is 313 g/mol. The number of hydrogen-bond donors (Lipinski definition) is 0. The molecule has 0 amide bonds. The van der Waals surface area contributed by atoms with Gasteiger partial charge in [0.05, 0.1) is 18.1 Å². The average Bonchev–Trinajstić information content (AvgIpc) is 2.44. The Bertz CT molecular complexity index is 583. The van der Waals surface area contributed by atoms with Crippen LogP contribution >= 0.6 is 0 Å². The molecule has 1 aromatic carbocycles. The number of halogens is 1. The minimum atomic E-state index is -1.48. The van der Waals surface area contributed by atoms with E-state index in [1.54, 1.807) is 13.8 Å². The fraction of sp³-hybridized carbons (Fsp3) is 0.429. The Kier molecular flexibility index (Phi) is 5.97. The molecule has 0 unspecified atom stereocenters. The van der Waals surface area contributed by atoms with E-state index >= 15 is 0 Å². The van der Waals surface area contributed by atoms with Crippen molar-refractivity contribution in [3.8, 4) is 0 Å². The Labute approximate surface area is 126 Å². The molecule has 0 saturated heterocycles. The Hall–Kier alpha value is -2.51. The highest BCUT2D eigenvalue weighted by atomic mass is 19.1. The van der Waals surface area contributed by atoms with Crippen LogP contribution in [-0.2, 0) is 19.1 Å². The molecule has 0 atom stereocenters. The molecule has 8 heteroatoms. The highest BCUT2D eigenvalue weighted by Crippen LogP contribution is 2.29. The first-order chi connectivity index (χ1) is 10.3. The quantitative estimate of drug-likeness (QED) is 0.346. The second-order valence-corrected chi connectivity index (χ2v) is 4.31. The number of carbonyl (C=O) groups excluding carboxylic acids is 2. The maximum atomic E-state index is 14.0. The smallest absolute Gasteiger partial charge is 0.324 e. The molecule has 1 aromatic rings. The van der Waals surface area contributed by atoms with E-state index in [-0.39, 0.29) is 24.3 Å². The van der Waals surface area contributed by atoms with Crippen LogP contribution in [0.3, 0.4) is 0 Å². The van der Waals surface area contributed by atoms with Gasteiger partial charge >= 0.3 is 17.6 Å². The first-order valence-electron chi connectivity index (χ1n) is 6.61. The van der Waals surface area contributed by atoms with Crippen molar-refractivity contribution < 1.29 is 28.4 Å². The van der Waals surface area contributed by atoms with Crippen molar-refractivity contribution in [2.75, 3.05) is 13.2 Å². The molecule has 0 fully saturated rings. The molecule has 0 radical (unpaired) electrons. The molecule has 7 nitrogen and oxygen atoms in total. The third-order valence-corrected chi connectivity index (χ3v) is 2.96. The second-order valence-electron chi connectivity index (χ2n) is 4.31. The zero-order valence-corrected chi connectivity index (χ0v) is 12.4. The van der Waals surface area contributed by atoms with Crippen LogP contribution in [0.2, 0.25) is 0 Å². The first kappa shape index (κ1) is 17.5. The van der Waals surface area contributed by atoms with E-state index in [0.717, 1.165) is 12.1 Å². The van der Waals surface area contributed by atoms with E-state index in [1.807, 2.05) is 0 Å². The second kappa shape index (κ2) is 7.48. The molecule has 0 spiro atoms. The number of hydrogen-bond acceptors (Lipinski definition) is 6. The largest absolute Gasteiger partial charge is 0.465 e. The molecule has 120 valence electrons. The van der Waals surface area contributed by atoms with Gasteiger partial charge in [-0.2, -0.15) is 4.39 Å². The summed E-state index contributed by atoms with van der Waals surface area (Å²) in [6, 6.07) is 2.07. The Morgan fingerprint density at radius 3 is 2.14 bits per heavy atom. The van der Waals surface area contributed by atoms with Crippen LogP contribution in [0.25, 0.3) is 0 Å². The summed E-state index contributed by atoms with van der Waals surface area (Å²) in [7, 11) is 0. The van der Waals surface area contributed by atoms with Crippen molar-refractivity contribution in [1.29, 1.82) is 0 Å². The maximum Gasteiger partial charge on any atom is 0.324 e. The Balaban J connectivity index is 3.37. The predicted molar refractivity (Wildman–Crippen MR) is 73.8 cm³/mol. The van der Waals surface area contributed by atoms with Crippen molar-refractivity contribution in [2.24, 2.45) is 0 Å². The van der Waals surface area contributed by atoms with E-state index in [9.17, 15) is 24.1 Å². The van der Waals surface area contributed by atoms with Gasteiger partial charge in [-0.25, -0.2) is 0 Å². The van der Waals surface area contributed by atoms with Gasteiger partial charge in [-0.3, -0.25) is 19.7 Å². The van der Waals surface area contributed by atoms with Crippen LogP contribution in [-0.4, -0.2) is 30.1 Å². The maximum absolute atomic E-state index is 14.0. The van der Waals surface area contributed by atoms with Gasteiger partial charge in [-0.1, -0.05) is 6.07 Å². The molecule has 0 aliphatic heterocycles. The molecule has 0 aliphatic carbocycles. The molecule has 0 heterocycles. The zero-order valence-electron chi connectivity index (χ0n) is 12.4. The third-order valence-electron chi connectivity index (χ3n) is 2.96.